The van der Waals surface area contributed by atoms with Gasteiger partial charge in [0.1, 0.15) is 0 Å². The fraction of sp³-hybridized carbons (Fsp3) is 0.895. The second-order valence-electron chi connectivity index (χ2n) is 8.32. The maximum Gasteiger partial charge on any atom is 0.0663 e. The first-order valence-electron chi connectivity index (χ1n) is 8.78. The lowest BCUT2D eigenvalue weighted by atomic mass is 9.56. The summed E-state index contributed by atoms with van der Waals surface area (Å²) < 4.78 is 6.24. The van der Waals surface area contributed by atoms with E-state index in [0.717, 1.165) is 36.2 Å². The van der Waals surface area contributed by atoms with Crippen molar-refractivity contribution in [1.29, 1.82) is 0 Å². The summed E-state index contributed by atoms with van der Waals surface area (Å²) in [5.41, 5.74) is 0.123. The van der Waals surface area contributed by atoms with Crippen LogP contribution in [-0.2, 0) is 4.74 Å². The molecule has 0 N–H and O–H groups in total. The van der Waals surface area contributed by atoms with Crippen molar-refractivity contribution in [2.24, 2.45) is 35.0 Å². The van der Waals surface area contributed by atoms with E-state index in [2.05, 4.69) is 33.4 Å². The van der Waals surface area contributed by atoms with Gasteiger partial charge in [-0.2, -0.15) is 0 Å². The molecule has 1 aliphatic heterocycles. The highest BCUT2D eigenvalue weighted by Gasteiger charge is 2.47. The van der Waals surface area contributed by atoms with Crippen LogP contribution >= 0.6 is 0 Å². The van der Waals surface area contributed by atoms with E-state index in [0.29, 0.717) is 6.10 Å². The quantitative estimate of drug-likeness (QED) is 0.640. The Balaban J connectivity index is 1.76. The molecule has 0 spiro atoms. The van der Waals surface area contributed by atoms with Crippen LogP contribution < -0.4 is 0 Å². The topological polar surface area (TPSA) is 9.23 Å². The Morgan fingerprint density at radius 1 is 1.05 bits per heavy atom. The average molecular weight is 276 g/mol. The average Bonchev–Trinajstić information content (AvgIpc) is 2.47. The first kappa shape index (κ1) is 14.6. The normalized spacial score (nSPS) is 45.4. The summed E-state index contributed by atoms with van der Waals surface area (Å²) in [7, 11) is 0. The van der Waals surface area contributed by atoms with Gasteiger partial charge in [0.05, 0.1) is 12.7 Å². The molecule has 2 aliphatic carbocycles. The van der Waals surface area contributed by atoms with Crippen LogP contribution in [-0.4, -0.2) is 12.7 Å². The fourth-order valence-electron chi connectivity index (χ4n) is 5.31. The summed E-state index contributed by atoms with van der Waals surface area (Å²) >= 11 is 0. The van der Waals surface area contributed by atoms with Crippen molar-refractivity contribution in [2.45, 2.75) is 65.4 Å². The standard InChI is InChI=1S/C19H32O/c1-5-19(3,4)18-11-17-14(12-20-18)9-10-15-13(2)7-6-8-16(15)17/h5,13-18H,1,6-12H2,2-4H3. The molecule has 6 atom stereocenters. The predicted molar refractivity (Wildman–Crippen MR) is 84.5 cm³/mol. The van der Waals surface area contributed by atoms with Crippen molar-refractivity contribution in [3.05, 3.63) is 12.7 Å². The molecule has 3 rings (SSSR count). The van der Waals surface area contributed by atoms with Crippen molar-refractivity contribution in [2.75, 3.05) is 6.61 Å². The molecule has 1 heteroatoms. The van der Waals surface area contributed by atoms with E-state index in [1.807, 2.05) is 0 Å². The first-order valence-corrected chi connectivity index (χ1v) is 8.78. The van der Waals surface area contributed by atoms with Gasteiger partial charge in [0.2, 0.25) is 0 Å². The first-order chi connectivity index (χ1) is 9.53. The van der Waals surface area contributed by atoms with E-state index < -0.39 is 0 Å². The Hall–Kier alpha value is -0.300. The third-order valence-electron chi connectivity index (χ3n) is 6.86. The zero-order valence-electron chi connectivity index (χ0n) is 13.6. The Kier molecular flexibility index (Phi) is 4.01. The fourth-order valence-corrected chi connectivity index (χ4v) is 5.31. The minimum Gasteiger partial charge on any atom is -0.377 e. The summed E-state index contributed by atoms with van der Waals surface area (Å²) in [6.45, 7) is 12.1. The summed E-state index contributed by atoms with van der Waals surface area (Å²) in [6.07, 6.45) is 11.1. The van der Waals surface area contributed by atoms with Gasteiger partial charge in [-0.05, 0) is 55.3 Å². The van der Waals surface area contributed by atoms with Crippen molar-refractivity contribution in [3.8, 4) is 0 Å². The highest BCUT2D eigenvalue weighted by atomic mass is 16.5. The van der Waals surface area contributed by atoms with Gasteiger partial charge in [0.25, 0.3) is 0 Å². The third kappa shape index (κ3) is 2.47. The molecular formula is C19H32O. The Morgan fingerprint density at radius 3 is 2.60 bits per heavy atom. The van der Waals surface area contributed by atoms with Gasteiger partial charge in [0, 0.05) is 5.41 Å². The molecular weight excluding hydrogens is 244 g/mol. The van der Waals surface area contributed by atoms with Crippen LogP contribution in [0.3, 0.4) is 0 Å². The largest absolute Gasteiger partial charge is 0.377 e. The Bertz CT molecular complexity index is 359. The molecule has 6 unspecified atom stereocenters. The van der Waals surface area contributed by atoms with E-state index >= 15 is 0 Å². The predicted octanol–water partition coefficient (Wildman–Crippen LogP) is 5.07. The zero-order valence-corrected chi connectivity index (χ0v) is 13.6. The van der Waals surface area contributed by atoms with Crippen LogP contribution in [0.4, 0.5) is 0 Å². The molecule has 0 aromatic heterocycles. The number of hydrogen-bond donors (Lipinski definition) is 0. The monoisotopic (exact) mass is 276 g/mol. The molecule has 0 amide bonds. The molecule has 1 saturated heterocycles. The van der Waals surface area contributed by atoms with E-state index in [4.69, 9.17) is 4.74 Å². The van der Waals surface area contributed by atoms with Crippen molar-refractivity contribution < 1.29 is 4.74 Å². The second kappa shape index (κ2) is 5.48. The molecule has 20 heavy (non-hydrogen) atoms. The van der Waals surface area contributed by atoms with Crippen molar-refractivity contribution >= 4 is 0 Å². The molecule has 1 nitrogen and oxygen atoms in total. The summed E-state index contributed by atoms with van der Waals surface area (Å²) in [5, 5.41) is 0. The molecule has 0 aromatic carbocycles. The highest BCUT2D eigenvalue weighted by molar-refractivity contribution is 5.00. The van der Waals surface area contributed by atoms with Gasteiger partial charge >= 0.3 is 0 Å². The van der Waals surface area contributed by atoms with Crippen LogP contribution in [0.2, 0.25) is 0 Å². The van der Waals surface area contributed by atoms with Gasteiger partial charge in [-0.15, -0.1) is 6.58 Å². The molecule has 0 bridgehead atoms. The maximum atomic E-state index is 6.24. The van der Waals surface area contributed by atoms with E-state index in [9.17, 15) is 0 Å². The van der Waals surface area contributed by atoms with Crippen molar-refractivity contribution in [1.82, 2.24) is 0 Å². The molecule has 3 fully saturated rings. The molecule has 114 valence electrons. The minimum atomic E-state index is 0.123. The maximum absolute atomic E-state index is 6.24. The van der Waals surface area contributed by atoms with Gasteiger partial charge in [0.15, 0.2) is 0 Å². The molecule has 1 heterocycles. The summed E-state index contributed by atoms with van der Waals surface area (Å²) in [4.78, 5) is 0. The van der Waals surface area contributed by atoms with Crippen molar-refractivity contribution in [3.63, 3.8) is 0 Å². The summed E-state index contributed by atoms with van der Waals surface area (Å²) in [5.74, 6) is 4.73. The second-order valence-corrected chi connectivity index (χ2v) is 8.32. The smallest absolute Gasteiger partial charge is 0.0663 e. The van der Waals surface area contributed by atoms with Crippen LogP contribution in [0.1, 0.15) is 59.3 Å². The van der Waals surface area contributed by atoms with Crippen LogP contribution in [0, 0.1) is 35.0 Å². The number of fused-ring (bicyclic) bond motifs is 3. The van der Waals surface area contributed by atoms with Gasteiger partial charge < -0.3 is 4.74 Å². The Morgan fingerprint density at radius 2 is 1.85 bits per heavy atom. The lowest BCUT2D eigenvalue weighted by Gasteiger charge is -2.53. The minimum absolute atomic E-state index is 0.123. The molecule has 3 aliphatic rings. The number of hydrogen-bond acceptors (Lipinski definition) is 1. The molecule has 2 saturated carbocycles. The van der Waals surface area contributed by atoms with Gasteiger partial charge in [-0.1, -0.05) is 39.7 Å². The Labute approximate surface area is 125 Å². The molecule has 0 radical (unpaired) electrons. The van der Waals surface area contributed by atoms with E-state index in [1.54, 1.807) is 0 Å². The van der Waals surface area contributed by atoms with Crippen LogP contribution in [0.25, 0.3) is 0 Å². The SMILES string of the molecule is C=CC(C)(C)C1CC2C(CCC3C(C)CCCC32)CO1. The van der Waals surface area contributed by atoms with Gasteiger partial charge in [-0.3, -0.25) is 0 Å². The lowest BCUT2D eigenvalue weighted by molar-refractivity contribution is -0.129. The van der Waals surface area contributed by atoms with E-state index in [-0.39, 0.29) is 5.41 Å². The van der Waals surface area contributed by atoms with Crippen LogP contribution in [0.5, 0.6) is 0 Å². The summed E-state index contributed by atoms with van der Waals surface area (Å²) in [6, 6.07) is 0. The lowest BCUT2D eigenvalue weighted by Crippen LogP contribution is -2.48. The molecule has 0 aromatic rings. The van der Waals surface area contributed by atoms with E-state index in [1.165, 1.54) is 38.5 Å². The van der Waals surface area contributed by atoms with Gasteiger partial charge in [-0.25, -0.2) is 0 Å². The number of ether oxygens (including phenoxy) is 1. The third-order valence-corrected chi connectivity index (χ3v) is 6.86. The number of rotatable bonds is 2. The highest BCUT2D eigenvalue weighted by Crippen LogP contribution is 2.53. The van der Waals surface area contributed by atoms with Crippen LogP contribution in [0.15, 0.2) is 12.7 Å². The zero-order chi connectivity index (χ0) is 14.3.